The van der Waals surface area contributed by atoms with Gasteiger partial charge >= 0.3 is 0 Å². The normalized spacial score (nSPS) is 12.2. The fraction of sp³-hybridized carbons (Fsp3) is 0.500. The number of nitro benzene ring substituents is 1. The van der Waals surface area contributed by atoms with Crippen LogP contribution >= 0.6 is 11.8 Å². The lowest BCUT2D eigenvalue weighted by Crippen LogP contribution is -2.15. The van der Waals surface area contributed by atoms with E-state index in [0.29, 0.717) is 12.2 Å². The molecule has 118 valence electrons. The number of thioether (sulfide) groups is 1. The van der Waals surface area contributed by atoms with Gasteiger partial charge < -0.3 is 5.32 Å². The number of anilines is 1. The second kappa shape index (κ2) is 6.63. The Kier molecular flexibility index (Phi) is 5.60. The monoisotopic (exact) mass is 333 g/mol. The first-order chi connectivity index (χ1) is 9.49. The van der Waals surface area contributed by atoms with Gasteiger partial charge in [0, 0.05) is 34.9 Å². The summed E-state index contributed by atoms with van der Waals surface area (Å²) in [5.41, 5.74) is 0.0511. The Hall–Kier alpha value is -1.32. The Morgan fingerprint density at radius 3 is 2.43 bits per heavy atom. The Bertz CT molecular complexity index is 624. The molecule has 0 aliphatic carbocycles. The zero-order chi connectivity index (χ0) is 16.3. The zero-order valence-electron chi connectivity index (χ0n) is 12.1. The van der Waals surface area contributed by atoms with E-state index in [9.17, 15) is 18.5 Å². The molecule has 0 aromatic heterocycles. The number of benzene rings is 1. The molecule has 0 atom stereocenters. The van der Waals surface area contributed by atoms with E-state index in [1.165, 1.54) is 12.1 Å². The minimum absolute atomic E-state index is 0.121. The summed E-state index contributed by atoms with van der Waals surface area (Å²) in [6.45, 7) is 6.82. The standard InChI is InChI=1S/C12H19N3O4S2/c1-12(2,3)20-5-4-14-9-6-10(15(16)17)8-11(7-9)21(13,18)19/h6-8,14H,4-5H2,1-3H3,(H2,13,18,19). The van der Waals surface area contributed by atoms with E-state index in [0.717, 1.165) is 11.8 Å². The highest BCUT2D eigenvalue weighted by molar-refractivity contribution is 8.00. The maximum Gasteiger partial charge on any atom is 0.272 e. The Labute approximate surface area is 128 Å². The summed E-state index contributed by atoms with van der Waals surface area (Å²) in [5.74, 6) is 0.789. The number of sulfonamides is 1. The largest absolute Gasteiger partial charge is 0.384 e. The first-order valence-corrected chi connectivity index (χ1v) is 8.72. The number of nitrogens with two attached hydrogens (primary N) is 1. The van der Waals surface area contributed by atoms with Crippen molar-refractivity contribution in [3.8, 4) is 0 Å². The van der Waals surface area contributed by atoms with Crippen LogP contribution in [0.1, 0.15) is 20.8 Å². The predicted molar refractivity (Wildman–Crippen MR) is 85.2 cm³/mol. The summed E-state index contributed by atoms with van der Waals surface area (Å²) in [7, 11) is -3.98. The number of rotatable bonds is 6. The molecule has 0 saturated carbocycles. The molecule has 21 heavy (non-hydrogen) atoms. The fourth-order valence-corrected chi connectivity index (χ4v) is 2.90. The van der Waals surface area contributed by atoms with Crippen LogP contribution in [0.2, 0.25) is 0 Å². The van der Waals surface area contributed by atoms with Crippen LogP contribution < -0.4 is 10.5 Å². The van der Waals surface area contributed by atoms with Crippen LogP contribution in [-0.4, -0.2) is 30.4 Å². The van der Waals surface area contributed by atoms with Gasteiger partial charge in [-0.3, -0.25) is 10.1 Å². The first-order valence-electron chi connectivity index (χ1n) is 6.19. The molecule has 0 heterocycles. The molecule has 1 aromatic carbocycles. The van der Waals surface area contributed by atoms with Gasteiger partial charge in [0.25, 0.3) is 5.69 Å². The van der Waals surface area contributed by atoms with Gasteiger partial charge in [-0.1, -0.05) is 20.8 Å². The number of non-ortho nitro benzene ring substituents is 1. The number of nitro groups is 1. The number of primary sulfonamides is 1. The van der Waals surface area contributed by atoms with E-state index in [2.05, 4.69) is 26.1 Å². The van der Waals surface area contributed by atoms with Gasteiger partial charge in [-0.2, -0.15) is 11.8 Å². The van der Waals surface area contributed by atoms with Gasteiger partial charge in [0.2, 0.25) is 10.0 Å². The van der Waals surface area contributed by atoms with Gasteiger partial charge in [-0.15, -0.1) is 0 Å². The average Bonchev–Trinajstić information content (AvgIpc) is 2.32. The second-order valence-corrected chi connectivity index (χ2v) is 8.89. The summed E-state index contributed by atoms with van der Waals surface area (Å²) in [5, 5.41) is 18.8. The van der Waals surface area contributed by atoms with E-state index in [4.69, 9.17) is 5.14 Å². The van der Waals surface area contributed by atoms with Crippen LogP contribution in [0.4, 0.5) is 11.4 Å². The number of nitrogens with zero attached hydrogens (tertiary/aromatic N) is 1. The molecule has 0 fully saturated rings. The Morgan fingerprint density at radius 2 is 1.95 bits per heavy atom. The quantitative estimate of drug-likeness (QED) is 0.468. The molecule has 1 aromatic rings. The van der Waals surface area contributed by atoms with Gasteiger partial charge in [0.05, 0.1) is 9.82 Å². The molecule has 0 saturated heterocycles. The molecular formula is C12H19N3O4S2. The van der Waals surface area contributed by atoms with Crippen molar-refractivity contribution in [3.63, 3.8) is 0 Å². The molecule has 1 rings (SSSR count). The molecular weight excluding hydrogens is 314 g/mol. The van der Waals surface area contributed by atoms with Crippen LogP contribution in [0.25, 0.3) is 0 Å². The van der Waals surface area contributed by atoms with Crippen molar-refractivity contribution in [3.05, 3.63) is 28.3 Å². The average molecular weight is 333 g/mol. The molecule has 0 aliphatic heterocycles. The summed E-state index contributed by atoms with van der Waals surface area (Å²) >= 11 is 1.73. The van der Waals surface area contributed by atoms with Gasteiger partial charge in [0.1, 0.15) is 0 Å². The van der Waals surface area contributed by atoms with Crippen LogP contribution in [0, 0.1) is 10.1 Å². The third-order valence-corrected chi connectivity index (χ3v) is 4.56. The number of hydrogen-bond acceptors (Lipinski definition) is 6. The van der Waals surface area contributed by atoms with E-state index >= 15 is 0 Å². The summed E-state index contributed by atoms with van der Waals surface area (Å²) < 4.78 is 22.8. The molecule has 0 amide bonds. The van der Waals surface area contributed by atoms with Crippen LogP contribution in [0.15, 0.2) is 23.1 Å². The zero-order valence-corrected chi connectivity index (χ0v) is 13.8. The van der Waals surface area contributed by atoms with E-state index in [1.807, 2.05) is 0 Å². The van der Waals surface area contributed by atoms with Crippen molar-refractivity contribution in [2.45, 2.75) is 30.4 Å². The highest BCUT2D eigenvalue weighted by Crippen LogP contribution is 2.25. The van der Waals surface area contributed by atoms with Crippen molar-refractivity contribution >= 4 is 33.2 Å². The van der Waals surface area contributed by atoms with Crippen LogP contribution in [0.3, 0.4) is 0 Å². The third kappa shape index (κ3) is 6.32. The number of hydrogen-bond donors (Lipinski definition) is 2. The van der Waals surface area contributed by atoms with Gasteiger partial charge in [-0.25, -0.2) is 13.6 Å². The number of nitrogens with one attached hydrogen (secondary N) is 1. The Morgan fingerprint density at radius 1 is 1.33 bits per heavy atom. The van der Waals surface area contributed by atoms with E-state index < -0.39 is 14.9 Å². The lowest BCUT2D eigenvalue weighted by Gasteiger charge is -2.17. The highest BCUT2D eigenvalue weighted by atomic mass is 32.2. The van der Waals surface area contributed by atoms with Crippen molar-refractivity contribution in [2.75, 3.05) is 17.6 Å². The van der Waals surface area contributed by atoms with Crippen molar-refractivity contribution in [1.82, 2.24) is 0 Å². The van der Waals surface area contributed by atoms with Crippen molar-refractivity contribution < 1.29 is 13.3 Å². The second-order valence-electron chi connectivity index (χ2n) is 5.41. The Balaban J connectivity index is 2.87. The van der Waals surface area contributed by atoms with Crippen molar-refractivity contribution in [2.24, 2.45) is 5.14 Å². The predicted octanol–water partition coefficient (Wildman–Crippen LogP) is 2.19. The SMILES string of the molecule is CC(C)(C)SCCNc1cc([N+](=O)[O-])cc(S(N)(=O)=O)c1. The lowest BCUT2D eigenvalue weighted by atomic mass is 10.3. The maximum atomic E-state index is 11.3. The molecule has 9 heteroatoms. The molecule has 0 aliphatic rings. The third-order valence-electron chi connectivity index (χ3n) is 2.40. The van der Waals surface area contributed by atoms with Crippen molar-refractivity contribution in [1.29, 1.82) is 0 Å². The van der Waals surface area contributed by atoms with Gasteiger partial charge in [0.15, 0.2) is 0 Å². The minimum atomic E-state index is -3.98. The highest BCUT2D eigenvalue weighted by Gasteiger charge is 2.16. The summed E-state index contributed by atoms with van der Waals surface area (Å²) in [6, 6.07) is 3.53. The van der Waals surface area contributed by atoms with E-state index in [1.54, 1.807) is 11.8 Å². The molecule has 7 nitrogen and oxygen atoms in total. The van der Waals surface area contributed by atoms with E-state index in [-0.39, 0.29) is 15.3 Å². The molecule has 0 radical (unpaired) electrons. The molecule has 0 spiro atoms. The molecule has 0 unspecified atom stereocenters. The summed E-state index contributed by atoms with van der Waals surface area (Å²) in [4.78, 5) is 9.91. The fourth-order valence-electron chi connectivity index (χ4n) is 1.51. The smallest absolute Gasteiger partial charge is 0.272 e. The first kappa shape index (κ1) is 17.7. The topological polar surface area (TPSA) is 115 Å². The molecule has 3 N–H and O–H groups in total. The maximum absolute atomic E-state index is 11.3. The lowest BCUT2D eigenvalue weighted by molar-refractivity contribution is -0.385. The van der Waals surface area contributed by atoms with Crippen LogP contribution in [0.5, 0.6) is 0 Å². The van der Waals surface area contributed by atoms with Gasteiger partial charge in [-0.05, 0) is 6.07 Å². The minimum Gasteiger partial charge on any atom is -0.384 e. The van der Waals surface area contributed by atoms with Crippen LogP contribution in [-0.2, 0) is 10.0 Å². The summed E-state index contributed by atoms with van der Waals surface area (Å²) in [6.07, 6.45) is 0. The molecule has 0 bridgehead atoms.